The van der Waals surface area contributed by atoms with E-state index in [9.17, 15) is 14.9 Å². The molecular weight excluding hydrogens is 382 g/mol. The summed E-state index contributed by atoms with van der Waals surface area (Å²) in [6.07, 6.45) is 0.482. The molecule has 1 saturated heterocycles. The van der Waals surface area contributed by atoms with E-state index in [1.807, 2.05) is 37.3 Å². The fraction of sp³-hybridized carbons (Fsp3) is 0.150. The van der Waals surface area contributed by atoms with Gasteiger partial charge in [0.2, 0.25) is 5.91 Å². The molecule has 3 rings (SSSR count). The Kier molecular flexibility index (Phi) is 5.54. The third-order valence-electron chi connectivity index (χ3n) is 4.11. The first-order chi connectivity index (χ1) is 12.9. The summed E-state index contributed by atoms with van der Waals surface area (Å²) in [5.74, 6) is -1.06. The average Bonchev–Trinajstić information content (AvgIpc) is 2.92. The number of nitrogens with zero attached hydrogens (tertiary/aromatic N) is 2. The van der Waals surface area contributed by atoms with Crippen molar-refractivity contribution in [2.24, 2.45) is 5.73 Å². The first-order valence-electron chi connectivity index (χ1n) is 8.16. The van der Waals surface area contributed by atoms with Gasteiger partial charge in [0.1, 0.15) is 16.7 Å². The third kappa shape index (κ3) is 4.00. The normalized spacial score (nSPS) is 18.3. The molecule has 2 amide bonds. The van der Waals surface area contributed by atoms with Crippen LogP contribution in [0.3, 0.4) is 0 Å². The SMILES string of the molecule is Cc1cccc(C[C@H]2S/C(=C(/C#N)C(N)=O)N(c3ccc(Cl)cc3)C2=O)c1. The van der Waals surface area contributed by atoms with Gasteiger partial charge in [-0.2, -0.15) is 5.26 Å². The monoisotopic (exact) mass is 397 g/mol. The molecule has 1 heterocycles. The highest BCUT2D eigenvalue weighted by atomic mass is 35.5. The minimum absolute atomic E-state index is 0.201. The van der Waals surface area contributed by atoms with Gasteiger partial charge in [-0.05, 0) is 43.2 Å². The molecule has 2 aromatic rings. The Bertz CT molecular complexity index is 979. The zero-order valence-corrected chi connectivity index (χ0v) is 16.1. The zero-order chi connectivity index (χ0) is 19.6. The molecule has 0 unspecified atom stereocenters. The van der Waals surface area contributed by atoms with Crippen molar-refractivity contribution in [3.63, 3.8) is 0 Å². The van der Waals surface area contributed by atoms with Gasteiger partial charge in [-0.25, -0.2) is 0 Å². The fourth-order valence-corrected chi connectivity index (χ4v) is 4.32. The van der Waals surface area contributed by atoms with Crippen molar-refractivity contribution in [1.82, 2.24) is 0 Å². The van der Waals surface area contributed by atoms with Crippen molar-refractivity contribution in [2.45, 2.75) is 18.6 Å². The lowest BCUT2D eigenvalue weighted by molar-refractivity contribution is -0.117. The molecule has 2 N–H and O–H groups in total. The van der Waals surface area contributed by atoms with Crippen molar-refractivity contribution >= 4 is 40.9 Å². The molecule has 1 aliphatic rings. The molecule has 1 aliphatic heterocycles. The number of rotatable bonds is 4. The highest BCUT2D eigenvalue weighted by Gasteiger charge is 2.40. The standard InChI is InChI=1S/C20H16ClN3O2S/c1-12-3-2-4-13(9-12)10-17-19(26)24(15-7-5-14(21)6-8-15)20(27-17)16(11-22)18(23)25/h2-9,17H,10H2,1H3,(H2,23,25)/b20-16-/t17-/m1/s1. The van der Waals surface area contributed by atoms with Gasteiger partial charge in [0.25, 0.3) is 5.91 Å². The summed E-state index contributed by atoms with van der Waals surface area (Å²) in [4.78, 5) is 26.2. The van der Waals surface area contributed by atoms with E-state index in [-0.39, 0.29) is 16.5 Å². The molecule has 5 nitrogen and oxygen atoms in total. The summed E-state index contributed by atoms with van der Waals surface area (Å²) in [7, 11) is 0. The third-order valence-corrected chi connectivity index (χ3v) is 5.63. The molecule has 136 valence electrons. The number of thioether (sulfide) groups is 1. The van der Waals surface area contributed by atoms with Gasteiger partial charge in [-0.3, -0.25) is 14.5 Å². The molecule has 0 bridgehead atoms. The van der Waals surface area contributed by atoms with Crippen molar-refractivity contribution < 1.29 is 9.59 Å². The Balaban J connectivity index is 2.03. The van der Waals surface area contributed by atoms with E-state index in [1.54, 1.807) is 24.3 Å². The van der Waals surface area contributed by atoms with Crippen LogP contribution in [0.2, 0.25) is 5.02 Å². The summed E-state index contributed by atoms with van der Waals surface area (Å²) < 4.78 is 0. The molecule has 0 spiro atoms. The number of nitrogens with two attached hydrogens (primary N) is 1. The quantitative estimate of drug-likeness (QED) is 0.631. The van der Waals surface area contributed by atoms with Gasteiger partial charge in [0, 0.05) is 10.7 Å². The van der Waals surface area contributed by atoms with E-state index in [0.29, 0.717) is 17.1 Å². The summed E-state index contributed by atoms with van der Waals surface area (Å²) >= 11 is 7.12. The minimum atomic E-state index is -0.858. The van der Waals surface area contributed by atoms with Gasteiger partial charge < -0.3 is 5.73 Å². The van der Waals surface area contributed by atoms with Crippen LogP contribution in [-0.2, 0) is 16.0 Å². The average molecular weight is 398 g/mol. The molecule has 7 heteroatoms. The molecule has 0 aromatic heterocycles. The molecule has 0 saturated carbocycles. The van der Waals surface area contributed by atoms with E-state index in [1.165, 1.54) is 16.7 Å². The lowest BCUT2D eigenvalue weighted by Gasteiger charge is -2.18. The number of aryl methyl sites for hydroxylation is 1. The lowest BCUT2D eigenvalue weighted by Crippen LogP contribution is -2.31. The lowest BCUT2D eigenvalue weighted by atomic mass is 10.1. The highest BCUT2D eigenvalue weighted by Crippen LogP contribution is 2.42. The fourth-order valence-electron chi connectivity index (χ4n) is 2.88. The van der Waals surface area contributed by atoms with Crippen molar-refractivity contribution in [3.05, 3.63) is 75.3 Å². The number of benzene rings is 2. The van der Waals surface area contributed by atoms with Crippen LogP contribution < -0.4 is 10.6 Å². The summed E-state index contributed by atoms with van der Waals surface area (Å²) in [5.41, 5.74) is 7.78. The number of carbonyl (C=O) groups is 2. The van der Waals surface area contributed by atoms with E-state index in [2.05, 4.69) is 0 Å². The summed E-state index contributed by atoms with van der Waals surface area (Å²) in [6.45, 7) is 1.99. The number of hydrogen-bond acceptors (Lipinski definition) is 4. The Hall–Kier alpha value is -2.75. The van der Waals surface area contributed by atoms with Crippen molar-refractivity contribution in [1.29, 1.82) is 5.26 Å². The Morgan fingerprint density at radius 2 is 2.00 bits per heavy atom. The van der Waals surface area contributed by atoms with Gasteiger partial charge in [0.05, 0.1) is 5.25 Å². The molecule has 0 aliphatic carbocycles. The molecular formula is C20H16ClN3O2S. The van der Waals surface area contributed by atoms with Crippen LogP contribution in [0.25, 0.3) is 0 Å². The number of primary amides is 1. The first kappa shape index (κ1) is 19.0. The smallest absolute Gasteiger partial charge is 0.262 e. The predicted octanol–water partition coefficient (Wildman–Crippen LogP) is 3.56. The highest BCUT2D eigenvalue weighted by molar-refractivity contribution is 8.05. The summed E-state index contributed by atoms with van der Waals surface area (Å²) in [5, 5.41) is 9.71. The molecule has 1 atom stereocenters. The second-order valence-corrected chi connectivity index (χ2v) is 7.73. The van der Waals surface area contributed by atoms with Crippen LogP contribution in [0.5, 0.6) is 0 Å². The van der Waals surface area contributed by atoms with Gasteiger partial charge in [-0.15, -0.1) is 0 Å². The van der Waals surface area contributed by atoms with Crippen LogP contribution >= 0.6 is 23.4 Å². The van der Waals surface area contributed by atoms with Crippen LogP contribution in [0.1, 0.15) is 11.1 Å². The van der Waals surface area contributed by atoms with Crippen LogP contribution in [-0.4, -0.2) is 17.1 Å². The maximum absolute atomic E-state index is 13.1. The number of carbonyl (C=O) groups excluding carboxylic acids is 2. The Labute approximate surface area is 166 Å². The number of halogens is 1. The minimum Gasteiger partial charge on any atom is -0.365 e. The maximum atomic E-state index is 13.1. The Morgan fingerprint density at radius 3 is 2.59 bits per heavy atom. The number of anilines is 1. The van der Waals surface area contributed by atoms with Crippen molar-refractivity contribution in [3.8, 4) is 6.07 Å². The molecule has 1 fully saturated rings. The summed E-state index contributed by atoms with van der Waals surface area (Å²) in [6, 6.07) is 16.4. The Morgan fingerprint density at radius 1 is 1.30 bits per heavy atom. The van der Waals surface area contributed by atoms with Crippen molar-refractivity contribution in [2.75, 3.05) is 4.90 Å². The first-order valence-corrected chi connectivity index (χ1v) is 9.42. The largest absolute Gasteiger partial charge is 0.365 e. The number of nitriles is 1. The second kappa shape index (κ2) is 7.87. The number of hydrogen-bond donors (Lipinski definition) is 1. The van der Waals surface area contributed by atoms with Gasteiger partial charge in [-0.1, -0.05) is 53.2 Å². The van der Waals surface area contributed by atoms with Gasteiger partial charge in [0.15, 0.2) is 0 Å². The molecule has 27 heavy (non-hydrogen) atoms. The van der Waals surface area contributed by atoms with Crippen LogP contribution in [0.15, 0.2) is 59.1 Å². The van der Waals surface area contributed by atoms with Crippen LogP contribution in [0, 0.1) is 18.3 Å². The molecule has 2 aromatic carbocycles. The molecule has 0 radical (unpaired) electrons. The predicted molar refractivity (Wildman–Crippen MR) is 107 cm³/mol. The maximum Gasteiger partial charge on any atom is 0.262 e. The second-order valence-electron chi connectivity index (χ2n) is 6.11. The van der Waals surface area contributed by atoms with E-state index < -0.39 is 11.2 Å². The number of amides is 2. The van der Waals surface area contributed by atoms with Crippen LogP contribution in [0.4, 0.5) is 5.69 Å². The van der Waals surface area contributed by atoms with E-state index >= 15 is 0 Å². The van der Waals surface area contributed by atoms with Gasteiger partial charge >= 0.3 is 0 Å². The van der Waals surface area contributed by atoms with E-state index in [4.69, 9.17) is 17.3 Å². The zero-order valence-electron chi connectivity index (χ0n) is 14.5. The van der Waals surface area contributed by atoms with E-state index in [0.717, 1.165) is 11.1 Å². The topological polar surface area (TPSA) is 87.2 Å².